The van der Waals surface area contributed by atoms with Crippen LogP contribution in [0.4, 0.5) is 0 Å². The molecule has 2 nitrogen and oxygen atoms in total. The summed E-state index contributed by atoms with van der Waals surface area (Å²) in [6.45, 7) is 2.11. The Labute approximate surface area is 82.0 Å². The number of aromatic nitrogens is 2. The maximum Gasteiger partial charge on any atom is 0.252 e. The number of para-hydroxylation sites is 2. The first-order chi connectivity index (χ1) is 6.33. The third kappa shape index (κ3) is 1.44. The molecule has 0 aliphatic carbocycles. The Morgan fingerprint density at radius 2 is 2.15 bits per heavy atom. The number of fused-ring (bicyclic) bond motifs is 1. The van der Waals surface area contributed by atoms with Gasteiger partial charge in [-0.1, -0.05) is 12.1 Å². The number of nitrogens with one attached hydrogen (secondary N) is 1. The van der Waals surface area contributed by atoms with Crippen LogP contribution >= 0.6 is 11.8 Å². The van der Waals surface area contributed by atoms with Gasteiger partial charge in [0.25, 0.3) is 5.82 Å². The minimum Gasteiger partial charge on any atom is -0.241 e. The normalized spacial score (nSPS) is 10.9. The van der Waals surface area contributed by atoms with Crippen LogP contribution in [0.25, 0.3) is 11.0 Å². The van der Waals surface area contributed by atoms with Gasteiger partial charge in [0.15, 0.2) is 11.0 Å². The van der Waals surface area contributed by atoms with E-state index >= 15 is 0 Å². The highest BCUT2D eigenvalue weighted by atomic mass is 32.2. The zero-order chi connectivity index (χ0) is 9.26. The average molecular weight is 193 g/mol. The Balaban J connectivity index is 2.64. The number of hydrogen-bond donors (Lipinski definition) is 1. The van der Waals surface area contributed by atoms with E-state index in [1.165, 1.54) is 16.9 Å². The van der Waals surface area contributed by atoms with Crippen LogP contribution in [0, 0.1) is 6.92 Å². The Bertz CT molecular complexity index is 420. The molecule has 0 saturated heterocycles. The molecule has 1 aromatic carbocycles. The van der Waals surface area contributed by atoms with Gasteiger partial charge in [-0.15, -0.1) is 11.8 Å². The Kier molecular flexibility index (Phi) is 2.27. The van der Waals surface area contributed by atoms with Crippen LogP contribution in [-0.2, 0) is 5.88 Å². The molecule has 13 heavy (non-hydrogen) atoms. The van der Waals surface area contributed by atoms with Crippen LogP contribution in [0.1, 0.15) is 5.82 Å². The molecule has 1 N–H and O–H groups in total. The van der Waals surface area contributed by atoms with E-state index in [2.05, 4.69) is 47.0 Å². The summed E-state index contributed by atoms with van der Waals surface area (Å²) in [7, 11) is 0. The summed E-state index contributed by atoms with van der Waals surface area (Å²) in [5.74, 6) is 2.23. The second-order valence-electron chi connectivity index (χ2n) is 3.07. The fourth-order valence-electron chi connectivity index (χ4n) is 1.55. The Morgan fingerprint density at radius 3 is 2.92 bits per heavy atom. The van der Waals surface area contributed by atoms with Crippen LogP contribution in [0.15, 0.2) is 24.3 Å². The van der Waals surface area contributed by atoms with E-state index in [0.717, 1.165) is 5.88 Å². The van der Waals surface area contributed by atoms with Crippen LogP contribution in [0.2, 0.25) is 0 Å². The van der Waals surface area contributed by atoms with Crippen LogP contribution < -0.4 is 4.57 Å². The van der Waals surface area contributed by atoms with E-state index in [4.69, 9.17) is 0 Å². The minimum atomic E-state index is 1.01. The molecule has 0 unspecified atom stereocenters. The molecular weight excluding hydrogens is 180 g/mol. The second-order valence-corrected chi connectivity index (χ2v) is 3.91. The van der Waals surface area contributed by atoms with Crippen molar-refractivity contribution >= 4 is 22.8 Å². The predicted octanol–water partition coefficient (Wildman–Crippen LogP) is 2.08. The van der Waals surface area contributed by atoms with Gasteiger partial charge in [-0.2, -0.15) is 0 Å². The molecule has 0 aliphatic rings. The summed E-state index contributed by atoms with van der Waals surface area (Å²) < 4.78 is 2.29. The molecule has 1 aromatic heterocycles. The van der Waals surface area contributed by atoms with Gasteiger partial charge in [0.1, 0.15) is 5.88 Å². The van der Waals surface area contributed by atoms with Crippen LogP contribution in [0.5, 0.6) is 0 Å². The lowest BCUT2D eigenvalue weighted by Gasteiger charge is -1.94. The van der Waals surface area contributed by atoms with Crippen molar-refractivity contribution in [3.63, 3.8) is 0 Å². The summed E-state index contributed by atoms with van der Waals surface area (Å²) in [4.78, 5) is 3.36. The maximum absolute atomic E-state index is 3.36. The number of aryl methyl sites for hydroxylation is 1. The first-order valence-electron chi connectivity index (χ1n) is 4.29. The Hall–Kier alpha value is -0.960. The number of nitrogens with zero attached hydrogens (tertiary/aromatic N) is 1. The standard InChI is InChI=1S/C10H12N2S/c1-8-11-9-5-3-4-6-10(9)12(8)7-13-2/h3-6H,7H2,1-2H3/p+1. The van der Waals surface area contributed by atoms with Gasteiger partial charge in [-0.25, -0.2) is 9.55 Å². The summed E-state index contributed by atoms with van der Waals surface area (Å²) >= 11 is 1.83. The zero-order valence-corrected chi connectivity index (χ0v) is 8.69. The number of thioether (sulfide) groups is 1. The third-order valence-electron chi connectivity index (χ3n) is 2.17. The maximum atomic E-state index is 3.36. The average Bonchev–Trinajstić information content (AvgIpc) is 2.44. The van der Waals surface area contributed by atoms with Crippen LogP contribution in [-0.4, -0.2) is 11.2 Å². The molecule has 0 spiro atoms. The first kappa shape index (κ1) is 8.63. The van der Waals surface area contributed by atoms with Gasteiger partial charge in [0.05, 0.1) is 0 Å². The van der Waals surface area contributed by atoms with Gasteiger partial charge in [0.2, 0.25) is 0 Å². The molecule has 0 aliphatic heterocycles. The van der Waals surface area contributed by atoms with Gasteiger partial charge in [-0.05, 0) is 18.4 Å². The van der Waals surface area contributed by atoms with Gasteiger partial charge >= 0.3 is 0 Å². The lowest BCUT2D eigenvalue weighted by Crippen LogP contribution is -2.33. The topological polar surface area (TPSA) is 19.7 Å². The molecule has 0 amide bonds. The van der Waals surface area contributed by atoms with E-state index in [0.29, 0.717) is 0 Å². The van der Waals surface area contributed by atoms with E-state index in [1.54, 1.807) is 0 Å². The SMILES string of the molecule is CSC[n+]1c(C)[nH]c2ccccc21. The zero-order valence-electron chi connectivity index (χ0n) is 7.87. The molecule has 2 rings (SSSR count). The molecule has 0 bridgehead atoms. The Morgan fingerprint density at radius 1 is 1.38 bits per heavy atom. The van der Waals surface area contributed by atoms with E-state index < -0.39 is 0 Å². The molecule has 2 aromatic rings. The van der Waals surface area contributed by atoms with Crippen molar-refractivity contribution in [1.29, 1.82) is 0 Å². The van der Waals surface area contributed by atoms with Gasteiger partial charge in [-0.3, -0.25) is 0 Å². The second kappa shape index (κ2) is 3.42. The fourth-order valence-corrected chi connectivity index (χ4v) is 2.14. The highest BCUT2D eigenvalue weighted by Crippen LogP contribution is 2.09. The monoisotopic (exact) mass is 193 g/mol. The van der Waals surface area contributed by atoms with Crippen molar-refractivity contribution in [2.75, 3.05) is 6.26 Å². The molecular formula is C10H13N2S+. The molecule has 0 radical (unpaired) electrons. The minimum absolute atomic E-state index is 1.01. The molecule has 1 heterocycles. The molecule has 68 valence electrons. The molecule has 3 heteroatoms. The van der Waals surface area contributed by atoms with E-state index in [1.807, 2.05) is 11.8 Å². The smallest absolute Gasteiger partial charge is 0.241 e. The quantitative estimate of drug-likeness (QED) is 0.724. The predicted molar refractivity (Wildman–Crippen MR) is 56.7 cm³/mol. The van der Waals surface area contributed by atoms with E-state index in [9.17, 15) is 0 Å². The highest BCUT2D eigenvalue weighted by Gasteiger charge is 2.12. The summed E-state index contributed by atoms with van der Waals surface area (Å²) in [5, 5.41) is 0. The number of aromatic amines is 1. The van der Waals surface area contributed by atoms with Crippen molar-refractivity contribution in [2.24, 2.45) is 0 Å². The van der Waals surface area contributed by atoms with Gasteiger partial charge in [0, 0.05) is 6.92 Å². The molecule has 0 saturated carbocycles. The number of rotatable bonds is 2. The number of benzene rings is 1. The highest BCUT2D eigenvalue weighted by molar-refractivity contribution is 7.97. The lowest BCUT2D eigenvalue weighted by molar-refractivity contribution is -0.655. The summed E-state index contributed by atoms with van der Waals surface area (Å²) in [5.41, 5.74) is 2.50. The van der Waals surface area contributed by atoms with Crippen LogP contribution in [0.3, 0.4) is 0 Å². The molecule has 0 atom stereocenters. The number of hydrogen-bond acceptors (Lipinski definition) is 1. The van der Waals surface area contributed by atoms with E-state index in [-0.39, 0.29) is 0 Å². The largest absolute Gasteiger partial charge is 0.252 e. The lowest BCUT2D eigenvalue weighted by atomic mass is 10.3. The van der Waals surface area contributed by atoms with Crippen molar-refractivity contribution in [3.05, 3.63) is 30.1 Å². The van der Waals surface area contributed by atoms with Gasteiger partial charge < -0.3 is 0 Å². The first-order valence-corrected chi connectivity index (χ1v) is 5.68. The summed E-state index contributed by atoms with van der Waals surface area (Å²) in [6, 6.07) is 8.39. The van der Waals surface area contributed by atoms with Crippen molar-refractivity contribution in [1.82, 2.24) is 4.98 Å². The number of imidazole rings is 1. The fraction of sp³-hybridized carbons (Fsp3) is 0.300. The summed E-state index contributed by atoms with van der Waals surface area (Å²) in [6.07, 6.45) is 2.12. The molecule has 0 fully saturated rings. The number of H-pyrrole nitrogens is 1. The van der Waals surface area contributed by atoms with Crippen molar-refractivity contribution in [2.45, 2.75) is 12.8 Å². The van der Waals surface area contributed by atoms with Crippen molar-refractivity contribution < 1.29 is 4.57 Å². The third-order valence-corrected chi connectivity index (χ3v) is 2.69. The van der Waals surface area contributed by atoms with Crippen molar-refractivity contribution in [3.8, 4) is 0 Å².